The Morgan fingerprint density at radius 2 is 1.78 bits per heavy atom. The number of hydrogen-bond acceptors (Lipinski definition) is 1. The van der Waals surface area contributed by atoms with E-state index >= 15 is 0 Å². The number of fused-ring (bicyclic) bond motifs is 3. The quantitative estimate of drug-likeness (QED) is 0.236. The van der Waals surface area contributed by atoms with Crippen molar-refractivity contribution >= 4 is 50.9 Å². The van der Waals surface area contributed by atoms with Gasteiger partial charge in [-0.2, -0.15) is 13.2 Å². The second kappa shape index (κ2) is 8.84. The van der Waals surface area contributed by atoms with Gasteiger partial charge in [0.15, 0.2) is 0 Å². The average molecular weight is 530 g/mol. The monoisotopic (exact) mass is 529 g/mol. The first-order chi connectivity index (χ1) is 17.0. The molecule has 0 aliphatic rings. The lowest BCUT2D eigenvalue weighted by Crippen LogP contribution is -2.11. The summed E-state index contributed by atoms with van der Waals surface area (Å²) < 4.78 is 55.6. The number of halogens is 6. The Hall–Kier alpha value is -3.55. The zero-order chi connectivity index (χ0) is 25.8. The number of carbonyl (C=O) groups is 1. The van der Waals surface area contributed by atoms with Crippen molar-refractivity contribution in [3.8, 4) is 11.1 Å². The van der Waals surface area contributed by atoms with Crippen LogP contribution in [0.4, 0.5) is 17.6 Å². The predicted molar refractivity (Wildman–Crippen MR) is 133 cm³/mol. The van der Waals surface area contributed by atoms with Crippen LogP contribution in [0.3, 0.4) is 0 Å². The summed E-state index contributed by atoms with van der Waals surface area (Å²) in [6.45, 7) is -0.0305. The molecule has 0 spiro atoms. The molecule has 1 aromatic heterocycles. The minimum absolute atomic E-state index is 0.0305. The van der Waals surface area contributed by atoms with Gasteiger partial charge in [0.05, 0.1) is 16.6 Å². The number of alkyl halides is 3. The van der Waals surface area contributed by atoms with Gasteiger partial charge in [-0.15, -0.1) is 0 Å². The first-order valence-electron chi connectivity index (χ1n) is 10.6. The predicted octanol–water partition coefficient (Wildman–Crippen LogP) is 7.87. The molecule has 0 fully saturated rings. The fraction of sp³-hybridized carbons (Fsp3) is 0.0741. The third-order valence-corrected chi connectivity index (χ3v) is 6.53. The number of amides is 1. The van der Waals surface area contributed by atoms with Gasteiger partial charge >= 0.3 is 6.18 Å². The fourth-order valence-corrected chi connectivity index (χ4v) is 4.90. The molecule has 3 nitrogen and oxygen atoms in total. The molecule has 2 N–H and O–H groups in total. The molecule has 0 aliphatic carbocycles. The van der Waals surface area contributed by atoms with E-state index in [2.05, 4.69) is 6.07 Å². The molecule has 1 heterocycles. The van der Waals surface area contributed by atoms with Gasteiger partial charge in [-0.3, -0.25) is 4.79 Å². The van der Waals surface area contributed by atoms with Gasteiger partial charge in [-0.05, 0) is 65.7 Å². The Morgan fingerprint density at radius 3 is 2.47 bits per heavy atom. The van der Waals surface area contributed by atoms with Crippen LogP contribution >= 0.6 is 23.2 Å². The molecule has 5 aromatic rings. The number of nitrogens with two attached hydrogens (primary N) is 1. The summed E-state index contributed by atoms with van der Waals surface area (Å²) in [5.41, 5.74) is 7.24. The normalized spacial score (nSPS) is 11.9. The SMILES string of the molecule is NC(=O)c1cccc2c1c1[c]cc(-c3ccc(Cl)cc3Cl)cc1n2Cc1ccc(F)c(C(F)(F)F)c1. The van der Waals surface area contributed by atoms with E-state index < -0.39 is 23.5 Å². The van der Waals surface area contributed by atoms with Crippen LogP contribution in [0.1, 0.15) is 21.5 Å². The van der Waals surface area contributed by atoms with Gasteiger partial charge in [0.2, 0.25) is 5.91 Å². The molecular weight excluding hydrogens is 515 g/mol. The minimum atomic E-state index is -4.84. The third kappa shape index (κ3) is 4.18. The Morgan fingerprint density at radius 1 is 1.00 bits per heavy atom. The van der Waals surface area contributed by atoms with E-state index in [1.165, 1.54) is 6.07 Å². The summed E-state index contributed by atoms with van der Waals surface area (Å²) in [7, 11) is 0. The van der Waals surface area contributed by atoms with Crippen LogP contribution in [0.15, 0.2) is 66.7 Å². The van der Waals surface area contributed by atoms with Crippen molar-refractivity contribution < 1.29 is 22.4 Å². The summed E-state index contributed by atoms with van der Waals surface area (Å²) in [4.78, 5) is 12.2. The van der Waals surface area contributed by atoms with Crippen molar-refractivity contribution in [2.24, 2.45) is 5.73 Å². The molecule has 36 heavy (non-hydrogen) atoms. The van der Waals surface area contributed by atoms with Crippen LogP contribution in [0.2, 0.25) is 10.0 Å². The van der Waals surface area contributed by atoms with Crippen molar-refractivity contribution in [3.63, 3.8) is 0 Å². The number of aromatic nitrogens is 1. The molecule has 0 atom stereocenters. The van der Waals surface area contributed by atoms with Crippen molar-refractivity contribution in [1.82, 2.24) is 4.57 Å². The molecule has 0 saturated heterocycles. The van der Waals surface area contributed by atoms with E-state index in [4.69, 9.17) is 28.9 Å². The number of benzene rings is 4. The summed E-state index contributed by atoms with van der Waals surface area (Å²) in [6, 6.07) is 19.6. The largest absolute Gasteiger partial charge is 0.419 e. The second-order valence-electron chi connectivity index (χ2n) is 8.23. The highest BCUT2D eigenvalue weighted by atomic mass is 35.5. The van der Waals surface area contributed by atoms with Crippen LogP contribution in [0.5, 0.6) is 0 Å². The Balaban J connectivity index is 1.78. The first-order valence-corrected chi connectivity index (χ1v) is 11.4. The molecule has 0 bridgehead atoms. The highest BCUT2D eigenvalue weighted by Crippen LogP contribution is 2.38. The van der Waals surface area contributed by atoms with Gasteiger partial charge in [0, 0.05) is 38.5 Å². The number of rotatable bonds is 4. The van der Waals surface area contributed by atoms with E-state index in [1.54, 1.807) is 53.1 Å². The smallest absolute Gasteiger partial charge is 0.366 e. The van der Waals surface area contributed by atoms with Crippen LogP contribution in [-0.2, 0) is 12.7 Å². The molecule has 0 aliphatic heterocycles. The van der Waals surface area contributed by atoms with Crippen molar-refractivity contribution in [3.05, 3.63) is 105 Å². The summed E-state index contributed by atoms with van der Waals surface area (Å²) >= 11 is 12.4. The van der Waals surface area contributed by atoms with Crippen molar-refractivity contribution in [1.29, 1.82) is 0 Å². The summed E-state index contributed by atoms with van der Waals surface area (Å²) in [6.07, 6.45) is -4.84. The lowest BCUT2D eigenvalue weighted by Gasteiger charge is -2.13. The van der Waals surface area contributed by atoms with Gasteiger partial charge < -0.3 is 10.3 Å². The minimum Gasteiger partial charge on any atom is -0.366 e. The van der Waals surface area contributed by atoms with Crippen molar-refractivity contribution in [2.75, 3.05) is 0 Å². The second-order valence-corrected chi connectivity index (χ2v) is 9.08. The van der Waals surface area contributed by atoms with E-state index in [0.717, 1.165) is 12.1 Å². The highest BCUT2D eigenvalue weighted by Gasteiger charge is 2.34. The lowest BCUT2D eigenvalue weighted by atomic mass is 10.0. The fourth-order valence-electron chi connectivity index (χ4n) is 4.38. The van der Waals surface area contributed by atoms with Crippen LogP contribution < -0.4 is 5.73 Å². The van der Waals surface area contributed by atoms with Gasteiger partial charge in [-0.25, -0.2) is 4.39 Å². The maximum Gasteiger partial charge on any atom is 0.419 e. The number of hydrogen-bond donors (Lipinski definition) is 1. The Labute approximate surface area is 212 Å². The van der Waals surface area contributed by atoms with Crippen molar-refractivity contribution in [2.45, 2.75) is 12.7 Å². The zero-order valence-electron chi connectivity index (χ0n) is 18.3. The van der Waals surface area contributed by atoms with Gasteiger partial charge in [0.1, 0.15) is 5.82 Å². The Bertz CT molecular complexity index is 1670. The molecule has 0 saturated carbocycles. The summed E-state index contributed by atoms with van der Waals surface area (Å²) in [5, 5.41) is 1.95. The molecule has 4 aromatic carbocycles. The molecule has 1 amide bonds. The van der Waals surface area contributed by atoms with Crippen LogP contribution in [0.25, 0.3) is 32.9 Å². The molecular formula is C27H15Cl2F4N2O. The molecule has 0 unspecified atom stereocenters. The number of nitrogens with zero attached hydrogens (tertiary/aromatic N) is 1. The van der Waals surface area contributed by atoms with E-state index in [-0.39, 0.29) is 17.7 Å². The number of carbonyl (C=O) groups excluding carboxylic acids is 1. The van der Waals surface area contributed by atoms with Gasteiger partial charge in [-0.1, -0.05) is 41.4 Å². The van der Waals surface area contributed by atoms with Crippen LogP contribution in [0, 0.1) is 11.9 Å². The highest BCUT2D eigenvalue weighted by molar-refractivity contribution is 6.36. The maximum atomic E-state index is 13.9. The summed E-state index contributed by atoms with van der Waals surface area (Å²) in [5.74, 6) is -2.00. The average Bonchev–Trinajstić information content (AvgIpc) is 3.12. The van der Waals surface area contributed by atoms with E-state index in [9.17, 15) is 22.4 Å². The van der Waals surface area contributed by atoms with E-state index in [1.807, 2.05) is 0 Å². The third-order valence-electron chi connectivity index (χ3n) is 5.98. The molecule has 5 rings (SSSR count). The molecule has 9 heteroatoms. The molecule has 1 radical (unpaired) electrons. The number of primary amides is 1. The zero-order valence-corrected chi connectivity index (χ0v) is 19.8. The first kappa shape index (κ1) is 24.2. The van der Waals surface area contributed by atoms with E-state index in [0.29, 0.717) is 43.0 Å². The van der Waals surface area contributed by atoms with Gasteiger partial charge in [0.25, 0.3) is 0 Å². The topological polar surface area (TPSA) is 48.0 Å². The maximum absolute atomic E-state index is 13.9. The standard InChI is InChI=1S/C27H15Cl2F4N2O/c28-16-6-8-17(21(29)12-16)15-5-7-18-24(11-15)35(23-3-1-2-19(25(18)23)26(34)36)13-14-4-9-22(30)20(10-14)27(31,32)33/h1-6,8-12H,13H2,(H2,34,36). The Kier molecular flexibility index (Phi) is 5.93. The van der Waals surface area contributed by atoms with Crippen LogP contribution in [-0.4, -0.2) is 10.5 Å². The lowest BCUT2D eigenvalue weighted by molar-refractivity contribution is -0.140. The molecule has 181 valence electrons.